The monoisotopic (exact) mass is 463 g/mol. The maximum absolute atomic E-state index is 12.5. The number of anilines is 1. The maximum Gasteiger partial charge on any atom is 0.257 e. The Kier molecular flexibility index (Phi) is 6.97. The number of amides is 2. The van der Waals surface area contributed by atoms with Crippen molar-refractivity contribution < 1.29 is 14.3 Å². The number of benzene rings is 2. The average molecular weight is 464 g/mol. The number of rotatable bonds is 8. The normalized spacial score (nSPS) is 10.8. The number of ether oxygens (including phenoxy) is 1. The van der Waals surface area contributed by atoms with Gasteiger partial charge in [-0.15, -0.1) is 0 Å². The molecule has 0 unspecified atom stereocenters. The predicted molar refractivity (Wildman–Crippen MR) is 128 cm³/mol. The average Bonchev–Trinajstić information content (AvgIpc) is 3.25. The highest BCUT2D eigenvalue weighted by Gasteiger charge is 2.13. The second-order valence-corrected chi connectivity index (χ2v) is 7.70. The van der Waals surface area contributed by atoms with E-state index in [-0.39, 0.29) is 11.8 Å². The zero-order valence-electron chi connectivity index (χ0n) is 17.9. The van der Waals surface area contributed by atoms with Crippen molar-refractivity contribution in [3.63, 3.8) is 0 Å². The molecule has 168 valence electrons. The van der Waals surface area contributed by atoms with Crippen molar-refractivity contribution in [1.82, 2.24) is 20.3 Å². The van der Waals surface area contributed by atoms with Crippen molar-refractivity contribution in [2.24, 2.45) is 0 Å². The smallest absolute Gasteiger partial charge is 0.257 e. The third kappa shape index (κ3) is 5.36. The van der Waals surface area contributed by atoms with Crippen LogP contribution in [0.3, 0.4) is 0 Å². The highest BCUT2D eigenvalue weighted by molar-refractivity contribution is 6.34. The van der Waals surface area contributed by atoms with E-state index in [4.69, 9.17) is 16.3 Å². The van der Waals surface area contributed by atoms with E-state index in [1.807, 2.05) is 6.07 Å². The molecule has 0 saturated heterocycles. The van der Waals surface area contributed by atoms with Gasteiger partial charge in [0.05, 0.1) is 22.5 Å². The Hall–Kier alpha value is -3.75. The summed E-state index contributed by atoms with van der Waals surface area (Å²) in [7, 11) is 1.63. The highest BCUT2D eigenvalue weighted by Crippen LogP contribution is 2.23. The summed E-state index contributed by atoms with van der Waals surface area (Å²) in [6.07, 6.45) is 2.29. The van der Waals surface area contributed by atoms with Gasteiger partial charge < -0.3 is 20.4 Å². The van der Waals surface area contributed by atoms with Crippen LogP contribution >= 0.6 is 11.6 Å². The van der Waals surface area contributed by atoms with Crippen LogP contribution in [0.25, 0.3) is 22.6 Å². The summed E-state index contributed by atoms with van der Waals surface area (Å²) in [4.78, 5) is 37.0. The topological polar surface area (TPSA) is 109 Å². The van der Waals surface area contributed by atoms with Gasteiger partial charge in [-0.2, -0.15) is 0 Å². The molecule has 9 heteroatoms. The third-order valence-electron chi connectivity index (χ3n) is 4.92. The van der Waals surface area contributed by atoms with Crippen LogP contribution in [0.1, 0.15) is 27.1 Å². The molecule has 0 bridgehead atoms. The number of halogens is 1. The second-order valence-electron chi connectivity index (χ2n) is 7.29. The van der Waals surface area contributed by atoms with Gasteiger partial charge >= 0.3 is 0 Å². The molecule has 2 heterocycles. The molecule has 0 aliphatic carbocycles. The number of carbonyl (C=O) groups excluding carboxylic acids is 2. The minimum Gasteiger partial charge on any atom is -0.385 e. The van der Waals surface area contributed by atoms with Gasteiger partial charge in [0.15, 0.2) is 5.65 Å². The fourth-order valence-corrected chi connectivity index (χ4v) is 3.49. The Morgan fingerprint density at radius 3 is 2.76 bits per heavy atom. The Morgan fingerprint density at radius 2 is 1.94 bits per heavy atom. The molecule has 0 aliphatic rings. The van der Waals surface area contributed by atoms with Gasteiger partial charge in [-0.1, -0.05) is 35.9 Å². The number of nitrogens with zero attached hydrogens (tertiary/aromatic N) is 2. The summed E-state index contributed by atoms with van der Waals surface area (Å²) in [6, 6.07) is 15.7. The van der Waals surface area contributed by atoms with Crippen LogP contribution in [0.4, 0.5) is 5.69 Å². The van der Waals surface area contributed by atoms with Gasteiger partial charge in [-0.05, 0) is 36.8 Å². The van der Waals surface area contributed by atoms with Crippen LogP contribution in [-0.4, -0.2) is 47.0 Å². The quantitative estimate of drug-likeness (QED) is 0.337. The van der Waals surface area contributed by atoms with E-state index in [9.17, 15) is 9.59 Å². The van der Waals surface area contributed by atoms with Gasteiger partial charge in [-0.25, -0.2) is 9.97 Å². The molecule has 0 atom stereocenters. The summed E-state index contributed by atoms with van der Waals surface area (Å²) in [5.74, 6) is 0.0783. The standard InChI is InChI=1S/C24H22ClN5O3/c1-33-11-5-10-26-23(31)16-7-4-6-15(12-16)21-29-20-13-17(14-27-22(20)30-21)28-24(32)18-8-2-3-9-19(18)25/h2-4,6-9,12-14H,5,10-11H2,1H3,(H,26,31)(H,28,32)(H,27,29,30). The van der Waals surface area contributed by atoms with E-state index in [1.165, 1.54) is 0 Å². The van der Waals surface area contributed by atoms with Crippen LogP contribution in [0.15, 0.2) is 60.8 Å². The zero-order chi connectivity index (χ0) is 23.2. The molecule has 0 saturated carbocycles. The molecule has 4 aromatic rings. The lowest BCUT2D eigenvalue weighted by molar-refractivity contribution is 0.0947. The van der Waals surface area contributed by atoms with Crippen molar-refractivity contribution in [3.05, 3.63) is 76.9 Å². The van der Waals surface area contributed by atoms with Gasteiger partial charge in [0.25, 0.3) is 11.8 Å². The van der Waals surface area contributed by atoms with E-state index in [2.05, 4.69) is 25.6 Å². The van der Waals surface area contributed by atoms with Crippen LogP contribution in [-0.2, 0) is 4.74 Å². The minimum absolute atomic E-state index is 0.160. The van der Waals surface area contributed by atoms with Gasteiger partial charge in [0.2, 0.25) is 0 Å². The molecule has 2 aromatic heterocycles. The molecule has 2 aromatic carbocycles. The first-order valence-electron chi connectivity index (χ1n) is 10.3. The molecule has 33 heavy (non-hydrogen) atoms. The maximum atomic E-state index is 12.5. The molecule has 2 amide bonds. The molecule has 4 rings (SSSR count). The summed E-state index contributed by atoms with van der Waals surface area (Å²) < 4.78 is 4.99. The molecule has 0 radical (unpaired) electrons. The van der Waals surface area contributed by atoms with E-state index < -0.39 is 0 Å². The summed E-state index contributed by atoms with van der Waals surface area (Å²) in [5, 5.41) is 6.03. The molecule has 8 nitrogen and oxygen atoms in total. The molecule has 0 spiro atoms. The summed E-state index contributed by atoms with van der Waals surface area (Å²) in [6.45, 7) is 1.13. The number of aromatic amines is 1. The zero-order valence-corrected chi connectivity index (χ0v) is 18.6. The SMILES string of the molecule is COCCCNC(=O)c1cccc(-c2nc3cc(NC(=O)c4ccccc4Cl)cnc3[nH]2)c1. The number of H-pyrrole nitrogens is 1. The number of carbonyl (C=O) groups is 2. The van der Waals surface area contributed by atoms with E-state index in [1.54, 1.807) is 61.8 Å². The third-order valence-corrected chi connectivity index (χ3v) is 5.25. The van der Waals surface area contributed by atoms with Crippen LogP contribution in [0.2, 0.25) is 5.02 Å². The predicted octanol–water partition coefficient (Wildman–Crippen LogP) is 4.30. The Balaban J connectivity index is 1.51. The largest absolute Gasteiger partial charge is 0.385 e. The van der Waals surface area contributed by atoms with Gasteiger partial charge in [0, 0.05) is 31.4 Å². The van der Waals surface area contributed by atoms with E-state index in [0.717, 1.165) is 12.0 Å². The Bertz CT molecular complexity index is 1300. The van der Waals surface area contributed by atoms with E-state index in [0.29, 0.717) is 52.0 Å². The molecule has 0 fully saturated rings. The molecular formula is C24H22ClN5O3. The lowest BCUT2D eigenvalue weighted by Gasteiger charge is -2.06. The van der Waals surface area contributed by atoms with Gasteiger partial charge in [0.1, 0.15) is 11.3 Å². The van der Waals surface area contributed by atoms with Crippen LogP contribution < -0.4 is 10.6 Å². The Morgan fingerprint density at radius 1 is 1.09 bits per heavy atom. The lowest BCUT2D eigenvalue weighted by Crippen LogP contribution is -2.25. The number of hydrogen-bond donors (Lipinski definition) is 3. The minimum atomic E-state index is -0.332. The molecule has 0 aliphatic heterocycles. The number of methoxy groups -OCH3 is 1. The number of aromatic nitrogens is 3. The first kappa shape index (κ1) is 22.4. The molecular weight excluding hydrogens is 442 g/mol. The highest BCUT2D eigenvalue weighted by atomic mass is 35.5. The number of pyridine rings is 1. The first-order valence-corrected chi connectivity index (χ1v) is 10.7. The molecule has 3 N–H and O–H groups in total. The number of hydrogen-bond acceptors (Lipinski definition) is 5. The van der Waals surface area contributed by atoms with Crippen molar-refractivity contribution in [2.75, 3.05) is 25.6 Å². The number of imidazole rings is 1. The lowest BCUT2D eigenvalue weighted by atomic mass is 10.1. The fourth-order valence-electron chi connectivity index (χ4n) is 3.27. The van der Waals surface area contributed by atoms with Crippen LogP contribution in [0, 0.1) is 0 Å². The Labute approximate surface area is 195 Å². The van der Waals surface area contributed by atoms with Gasteiger partial charge in [-0.3, -0.25) is 9.59 Å². The number of fused-ring (bicyclic) bond motifs is 1. The first-order chi connectivity index (χ1) is 16.0. The van der Waals surface area contributed by atoms with E-state index >= 15 is 0 Å². The van der Waals surface area contributed by atoms with Crippen molar-refractivity contribution in [2.45, 2.75) is 6.42 Å². The van der Waals surface area contributed by atoms with Crippen molar-refractivity contribution >= 4 is 40.3 Å². The van der Waals surface area contributed by atoms with Crippen LogP contribution in [0.5, 0.6) is 0 Å². The van der Waals surface area contributed by atoms with Crippen molar-refractivity contribution in [3.8, 4) is 11.4 Å². The summed E-state index contributed by atoms with van der Waals surface area (Å²) in [5.41, 5.74) is 3.30. The fraction of sp³-hybridized carbons (Fsp3) is 0.167. The van der Waals surface area contributed by atoms with Crippen molar-refractivity contribution in [1.29, 1.82) is 0 Å². The number of nitrogens with one attached hydrogen (secondary N) is 3. The second kappa shape index (κ2) is 10.2. The summed E-state index contributed by atoms with van der Waals surface area (Å²) >= 11 is 6.10.